The third-order valence-electron chi connectivity index (χ3n) is 4.03. The molecule has 6 heteroatoms. The predicted molar refractivity (Wildman–Crippen MR) is 88.0 cm³/mol. The molecule has 120 valence electrons. The molecule has 0 bridgehead atoms. The number of carboxylic acid groups (broad SMARTS) is 1. The van der Waals surface area contributed by atoms with Crippen molar-refractivity contribution in [2.45, 2.75) is 26.3 Å². The second-order valence-electron chi connectivity index (χ2n) is 5.93. The maximum Gasteiger partial charge on any atom is 0.407 e. The van der Waals surface area contributed by atoms with Crippen LogP contribution in [0.2, 0.25) is 0 Å². The van der Waals surface area contributed by atoms with Crippen molar-refractivity contribution < 1.29 is 9.90 Å². The van der Waals surface area contributed by atoms with Crippen molar-refractivity contribution in [2.24, 2.45) is 0 Å². The lowest BCUT2D eigenvalue weighted by Crippen LogP contribution is -2.33. The molecule has 2 heterocycles. The quantitative estimate of drug-likeness (QED) is 0.944. The van der Waals surface area contributed by atoms with Crippen molar-refractivity contribution in [3.8, 4) is 11.4 Å². The molecule has 1 N–H and O–H groups in total. The van der Waals surface area contributed by atoms with E-state index in [0.29, 0.717) is 19.1 Å². The van der Waals surface area contributed by atoms with Crippen molar-refractivity contribution in [3.05, 3.63) is 42.2 Å². The van der Waals surface area contributed by atoms with E-state index in [2.05, 4.69) is 23.9 Å². The van der Waals surface area contributed by atoms with Crippen LogP contribution in [0.5, 0.6) is 0 Å². The Bertz CT molecular complexity index is 731. The SMILES string of the molecule is CC(C)n1cnc(-c2ccc(C3=CCN(C(=O)O)CC3)cc2)n1. The van der Waals surface area contributed by atoms with Gasteiger partial charge < -0.3 is 10.0 Å². The Hall–Kier alpha value is -2.63. The van der Waals surface area contributed by atoms with Gasteiger partial charge >= 0.3 is 6.09 Å². The highest BCUT2D eigenvalue weighted by atomic mass is 16.4. The molecule has 0 spiro atoms. The van der Waals surface area contributed by atoms with Crippen LogP contribution >= 0.6 is 0 Å². The number of carbonyl (C=O) groups is 1. The zero-order valence-corrected chi connectivity index (χ0v) is 13.3. The smallest absolute Gasteiger partial charge is 0.407 e. The van der Waals surface area contributed by atoms with Crippen LogP contribution in [0.4, 0.5) is 4.79 Å². The number of rotatable bonds is 3. The molecule has 1 aromatic carbocycles. The molecular formula is C17H20N4O2. The highest BCUT2D eigenvalue weighted by Gasteiger charge is 2.16. The first-order chi connectivity index (χ1) is 11.0. The molecule has 1 amide bonds. The summed E-state index contributed by atoms with van der Waals surface area (Å²) in [6, 6.07) is 8.42. The molecule has 0 saturated carbocycles. The van der Waals surface area contributed by atoms with Crippen LogP contribution in [0.3, 0.4) is 0 Å². The van der Waals surface area contributed by atoms with Crippen LogP contribution in [0.25, 0.3) is 17.0 Å². The van der Waals surface area contributed by atoms with Crippen LogP contribution in [-0.2, 0) is 0 Å². The average Bonchev–Trinajstić information content (AvgIpc) is 3.05. The molecule has 1 aromatic heterocycles. The largest absolute Gasteiger partial charge is 0.465 e. The third kappa shape index (κ3) is 3.26. The summed E-state index contributed by atoms with van der Waals surface area (Å²) in [5.41, 5.74) is 3.30. The molecule has 0 aliphatic carbocycles. The molecular weight excluding hydrogens is 292 g/mol. The molecule has 0 unspecified atom stereocenters. The Kier molecular flexibility index (Phi) is 4.14. The monoisotopic (exact) mass is 312 g/mol. The van der Waals surface area contributed by atoms with Gasteiger partial charge in [-0.2, -0.15) is 5.10 Å². The Labute approximate surface area is 135 Å². The lowest BCUT2D eigenvalue weighted by molar-refractivity contribution is 0.150. The number of aromatic nitrogens is 3. The lowest BCUT2D eigenvalue weighted by atomic mass is 9.98. The summed E-state index contributed by atoms with van der Waals surface area (Å²) in [4.78, 5) is 16.7. The van der Waals surface area contributed by atoms with Crippen molar-refractivity contribution in [2.75, 3.05) is 13.1 Å². The third-order valence-corrected chi connectivity index (χ3v) is 4.03. The number of hydrogen-bond donors (Lipinski definition) is 1. The van der Waals surface area contributed by atoms with E-state index in [-0.39, 0.29) is 0 Å². The first-order valence-corrected chi connectivity index (χ1v) is 7.73. The van der Waals surface area contributed by atoms with Gasteiger partial charge in [0, 0.05) is 24.7 Å². The summed E-state index contributed by atoms with van der Waals surface area (Å²) in [6.07, 6.45) is 3.62. The highest BCUT2D eigenvalue weighted by Crippen LogP contribution is 2.25. The van der Waals surface area contributed by atoms with E-state index in [0.717, 1.165) is 23.4 Å². The van der Waals surface area contributed by atoms with Gasteiger partial charge in [0.25, 0.3) is 0 Å². The Balaban J connectivity index is 1.76. The van der Waals surface area contributed by atoms with Crippen molar-refractivity contribution in [3.63, 3.8) is 0 Å². The summed E-state index contributed by atoms with van der Waals surface area (Å²) in [5.74, 6) is 0.722. The van der Waals surface area contributed by atoms with Gasteiger partial charge in [-0.1, -0.05) is 30.3 Å². The molecule has 23 heavy (non-hydrogen) atoms. The fraction of sp³-hybridized carbons (Fsp3) is 0.353. The zero-order valence-electron chi connectivity index (χ0n) is 13.3. The van der Waals surface area contributed by atoms with Gasteiger partial charge in [0.05, 0.1) is 0 Å². The van der Waals surface area contributed by atoms with E-state index >= 15 is 0 Å². The molecule has 0 fully saturated rings. The number of nitrogens with zero attached hydrogens (tertiary/aromatic N) is 4. The van der Waals surface area contributed by atoms with Crippen molar-refractivity contribution in [1.82, 2.24) is 19.7 Å². The van der Waals surface area contributed by atoms with Gasteiger partial charge in [0.15, 0.2) is 5.82 Å². The van der Waals surface area contributed by atoms with E-state index < -0.39 is 6.09 Å². The Morgan fingerprint density at radius 1 is 1.22 bits per heavy atom. The van der Waals surface area contributed by atoms with Crippen LogP contribution in [0.15, 0.2) is 36.7 Å². The molecule has 3 rings (SSSR count). The maximum atomic E-state index is 10.9. The summed E-state index contributed by atoms with van der Waals surface area (Å²) >= 11 is 0. The van der Waals surface area contributed by atoms with Crippen LogP contribution in [0, 0.1) is 0 Å². The molecule has 0 atom stereocenters. The molecule has 0 saturated heterocycles. The average molecular weight is 312 g/mol. The van der Waals surface area contributed by atoms with E-state index in [1.54, 1.807) is 6.33 Å². The normalized spacial score (nSPS) is 14.9. The number of hydrogen-bond acceptors (Lipinski definition) is 3. The molecule has 6 nitrogen and oxygen atoms in total. The van der Waals surface area contributed by atoms with Gasteiger partial charge in [-0.15, -0.1) is 0 Å². The van der Waals surface area contributed by atoms with E-state index in [9.17, 15) is 4.79 Å². The van der Waals surface area contributed by atoms with E-state index in [1.807, 2.05) is 35.0 Å². The topological polar surface area (TPSA) is 71.2 Å². The lowest BCUT2D eigenvalue weighted by Gasteiger charge is -2.23. The van der Waals surface area contributed by atoms with Crippen molar-refractivity contribution >= 4 is 11.7 Å². The molecule has 1 aliphatic heterocycles. The summed E-state index contributed by atoms with van der Waals surface area (Å²) in [5, 5.41) is 13.4. The minimum Gasteiger partial charge on any atom is -0.465 e. The standard InChI is InChI=1S/C17H20N4O2/c1-12(2)21-11-18-16(19-21)15-5-3-13(4-6-15)14-7-9-20(10-8-14)17(22)23/h3-7,11-12H,8-10H2,1-2H3,(H,22,23). The first-order valence-electron chi connectivity index (χ1n) is 7.73. The van der Waals surface area contributed by atoms with E-state index in [1.165, 1.54) is 10.5 Å². The summed E-state index contributed by atoms with van der Waals surface area (Å²) < 4.78 is 1.84. The Morgan fingerprint density at radius 3 is 2.43 bits per heavy atom. The second-order valence-corrected chi connectivity index (χ2v) is 5.93. The van der Waals surface area contributed by atoms with Crippen molar-refractivity contribution in [1.29, 1.82) is 0 Å². The maximum absolute atomic E-state index is 10.9. The Morgan fingerprint density at radius 2 is 1.91 bits per heavy atom. The van der Waals surface area contributed by atoms with E-state index in [4.69, 9.17) is 5.11 Å². The second kappa shape index (κ2) is 6.24. The van der Waals surface area contributed by atoms with Gasteiger partial charge in [-0.3, -0.25) is 0 Å². The molecule has 1 aliphatic rings. The summed E-state index contributed by atoms with van der Waals surface area (Å²) in [6.45, 7) is 5.13. The van der Waals surface area contributed by atoms with Gasteiger partial charge in [0.2, 0.25) is 0 Å². The van der Waals surface area contributed by atoms with Gasteiger partial charge in [-0.25, -0.2) is 14.5 Å². The summed E-state index contributed by atoms with van der Waals surface area (Å²) in [7, 11) is 0. The van der Waals surface area contributed by atoms with Crippen LogP contribution in [-0.4, -0.2) is 44.0 Å². The minimum absolute atomic E-state index is 0.292. The van der Waals surface area contributed by atoms with Gasteiger partial charge in [-0.05, 0) is 31.4 Å². The van der Waals surface area contributed by atoms with Crippen LogP contribution in [0.1, 0.15) is 31.9 Å². The fourth-order valence-corrected chi connectivity index (χ4v) is 2.59. The zero-order chi connectivity index (χ0) is 16.4. The van der Waals surface area contributed by atoms with Crippen LogP contribution < -0.4 is 0 Å². The first kappa shape index (κ1) is 15.3. The number of amides is 1. The minimum atomic E-state index is -0.859. The molecule has 2 aromatic rings. The fourth-order valence-electron chi connectivity index (χ4n) is 2.59. The predicted octanol–water partition coefficient (Wildman–Crippen LogP) is 3.29. The molecule has 0 radical (unpaired) electrons. The van der Waals surface area contributed by atoms with Gasteiger partial charge in [0.1, 0.15) is 6.33 Å². The highest BCUT2D eigenvalue weighted by molar-refractivity contribution is 5.72. The number of benzene rings is 1.